The predicted octanol–water partition coefficient (Wildman–Crippen LogP) is 2.37. The summed E-state index contributed by atoms with van der Waals surface area (Å²) in [7, 11) is 0. The van der Waals surface area contributed by atoms with Crippen LogP contribution in [0.15, 0.2) is 30.5 Å². The molecule has 0 radical (unpaired) electrons. The Morgan fingerprint density at radius 3 is 2.81 bits per heavy atom. The van der Waals surface area contributed by atoms with E-state index in [2.05, 4.69) is 5.10 Å². The first-order valence-electron chi connectivity index (χ1n) is 5.13. The van der Waals surface area contributed by atoms with Gasteiger partial charge in [0.25, 0.3) is 0 Å². The Balaban J connectivity index is 2.45. The van der Waals surface area contributed by atoms with Gasteiger partial charge in [0.1, 0.15) is 5.15 Å². The lowest BCUT2D eigenvalue weighted by molar-refractivity contribution is 0.299. The van der Waals surface area contributed by atoms with Crippen LogP contribution >= 0.6 is 11.6 Å². The van der Waals surface area contributed by atoms with Gasteiger partial charge in [0.2, 0.25) is 0 Å². The second-order valence-electron chi connectivity index (χ2n) is 3.63. The average Bonchev–Trinajstić information content (AvgIpc) is 2.62. The Labute approximate surface area is 99.3 Å². The van der Waals surface area contributed by atoms with Gasteiger partial charge in [-0.25, -0.2) is 4.68 Å². The highest BCUT2D eigenvalue weighted by Crippen LogP contribution is 2.22. The number of halogens is 1. The van der Waals surface area contributed by atoms with Crippen molar-refractivity contribution in [3.63, 3.8) is 0 Å². The Morgan fingerprint density at radius 1 is 1.38 bits per heavy atom. The summed E-state index contributed by atoms with van der Waals surface area (Å²) >= 11 is 6.20. The van der Waals surface area contributed by atoms with Crippen LogP contribution in [0, 0.1) is 6.92 Å². The van der Waals surface area contributed by atoms with Crippen LogP contribution in [0.1, 0.15) is 11.1 Å². The van der Waals surface area contributed by atoms with E-state index in [1.807, 2.05) is 31.2 Å². The topological polar surface area (TPSA) is 38.0 Å². The van der Waals surface area contributed by atoms with Crippen LogP contribution in [0.3, 0.4) is 0 Å². The smallest absolute Gasteiger partial charge is 0.136 e. The van der Waals surface area contributed by atoms with Crippen molar-refractivity contribution in [1.29, 1.82) is 0 Å². The van der Waals surface area contributed by atoms with E-state index in [0.717, 1.165) is 16.8 Å². The second kappa shape index (κ2) is 4.68. The van der Waals surface area contributed by atoms with Crippen molar-refractivity contribution in [3.8, 4) is 5.69 Å². The van der Waals surface area contributed by atoms with Gasteiger partial charge >= 0.3 is 0 Å². The zero-order valence-corrected chi connectivity index (χ0v) is 9.78. The van der Waals surface area contributed by atoms with Crippen LogP contribution in [0.2, 0.25) is 5.15 Å². The number of hydrogen-bond acceptors (Lipinski definition) is 2. The predicted molar refractivity (Wildman–Crippen MR) is 64.1 cm³/mol. The van der Waals surface area contributed by atoms with Crippen LogP contribution in [-0.4, -0.2) is 21.5 Å². The maximum atomic E-state index is 8.88. The molecule has 0 atom stereocenters. The number of aromatic nitrogens is 2. The van der Waals surface area contributed by atoms with Gasteiger partial charge in [-0.15, -0.1) is 0 Å². The van der Waals surface area contributed by atoms with E-state index in [0.29, 0.717) is 11.6 Å². The van der Waals surface area contributed by atoms with Gasteiger partial charge in [-0.1, -0.05) is 29.8 Å². The fraction of sp³-hybridized carbons (Fsp3) is 0.250. The van der Waals surface area contributed by atoms with Gasteiger partial charge in [0, 0.05) is 18.6 Å². The van der Waals surface area contributed by atoms with Crippen molar-refractivity contribution in [1.82, 2.24) is 9.78 Å². The molecular weight excluding hydrogens is 224 g/mol. The van der Waals surface area contributed by atoms with Crippen LogP contribution in [-0.2, 0) is 6.42 Å². The molecule has 0 unspecified atom stereocenters. The number of nitrogens with zero attached hydrogens (tertiary/aromatic N) is 2. The first-order chi connectivity index (χ1) is 7.74. The highest BCUT2D eigenvalue weighted by atomic mass is 35.5. The van der Waals surface area contributed by atoms with Crippen molar-refractivity contribution >= 4 is 11.6 Å². The number of benzene rings is 1. The molecule has 2 rings (SSSR count). The van der Waals surface area contributed by atoms with E-state index in [4.69, 9.17) is 16.7 Å². The van der Waals surface area contributed by atoms with Gasteiger partial charge in [-0.3, -0.25) is 0 Å². The Hall–Kier alpha value is -1.32. The van der Waals surface area contributed by atoms with Crippen molar-refractivity contribution in [2.24, 2.45) is 0 Å². The van der Waals surface area contributed by atoms with Crippen molar-refractivity contribution < 1.29 is 5.11 Å². The van der Waals surface area contributed by atoms with Gasteiger partial charge in [-0.2, -0.15) is 5.10 Å². The lowest BCUT2D eigenvalue weighted by atomic mass is 10.2. The largest absolute Gasteiger partial charge is 0.396 e. The Bertz CT molecular complexity index is 494. The summed E-state index contributed by atoms with van der Waals surface area (Å²) in [5.74, 6) is 0. The van der Waals surface area contributed by atoms with E-state index >= 15 is 0 Å². The minimum atomic E-state index is 0.0825. The van der Waals surface area contributed by atoms with Crippen molar-refractivity contribution in [2.75, 3.05) is 6.61 Å². The Morgan fingerprint density at radius 2 is 2.12 bits per heavy atom. The maximum absolute atomic E-state index is 8.88. The fourth-order valence-electron chi connectivity index (χ4n) is 1.62. The van der Waals surface area contributed by atoms with Gasteiger partial charge in [0.05, 0.1) is 11.9 Å². The summed E-state index contributed by atoms with van der Waals surface area (Å²) in [4.78, 5) is 0. The van der Waals surface area contributed by atoms with Crippen LogP contribution in [0.4, 0.5) is 0 Å². The summed E-state index contributed by atoms with van der Waals surface area (Å²) in [6.45, 7) is 2.10. The molecule has 0 aliphatic rings. The number of rotatable bonds is 3. The second-order valence-corrected chi connectivity index (χ2v) is 3.99. The number of aliphatic hydroxyl groups excluding tert-OH is 1. The summed E-state index contributed by atoms with van der Waals surface area (Å²) in [5.41, 5.74) is 2.95. The fourth-order valence-corrected chi connectivity index (χ4v) is 1.90. The molecule has 4 heteroatoms. The molecule has 0 bridgehead atoms. The van der Waals surface area contributed by atoms with E-state index < -0.39 is 0 Å². The quantitative estimate of drug-likeness (QED) is 0.889. The van der Waals surface area contributed by atoms with E-state index in [9.17, 15) is 0 Å². The monoisotopic (exact) mass is 236 g/mol. The number of aryl methyl sites for hydroxylation is 1. The molecule has 1 heterocycles. The lowest BCUT2D eigenvalue weighted by Crippen LogP contribution is -1.99. The van der Waals surface area contributed by atoms with E-state index in [1.165, 1.54) is 0 Å². The minimum absolute atomic E-state index is 0.0825. The average molecular weight is 237 g/mol. The third kappa shape index (κ3) is 1.96. The highest BCUT2D eigenvalue weighted by molar-refractivity contribution is 6.30. The van der Waals surface area contributed by atoms with E-state index in [-0.39, 0.29) is 6.61 Å². The molecule has 16 heavy (non-hydrogen) atoms. The van der Waals surface area contributed by atoms with Gasteiger partial charge < -0.3 is 5.11 Å². The molecule has 1 N–H and O–H groups in total. The molecule has 0 saturated heterocycles. The molecule has 1 aromatic carbocycles. The third-order valence-corrected chi connectivity index (χ3v) is 2.91. The molecule has 1 aromatic heterocycles. The normalized spacial score (nSPS) is 10.7. The SMILES string of the molecule is Cc1ccccc1-n1ncc(CCO)c1Cl. The summed E-state index contributed by atoms with van der Waals surface area (Å²) in [5, 5.41) is 13.7. The summed E-state index contributed by atoms with van der Waals surface area (Å²) in [6.07, 6.45) is 2.23. The summed E-state index contributed by atoms with van der Waals surface area (Å²) in [6, 6.07) is 7.91. The molecule has 0 aliphatic carbocycles. The molecule has 0 saturated carbocycles. The van der Waals surface area contributed by atoms with Crippen molar-refractivity contribution in [3.05, 3.63) is 46.7 Å². The first-order valence-corrected chi connectivity index (χ1v) is 5.51. The number of para-hydroxylation sites is 1. The standard InChI is InChI=1S/C12H13ClN2O/c1-9-4-2-3-5-11(9)15-12(13)10(6-7-16)8-14-15/h2-5,8,16H,6-7H2,1H3. The van der Waals surface area contributed by atoms with Gasteiger partial charge in [0.15, 0.2) is 0 Å². The molecule has 0 spiro atoms. The third-order valence-electron chi connectivity index (χ3n) is 2.50. The van der Waals surface area contributed by atoms with Crippen LogP contribution in [0.5, 0.6) is 0 Å². The van der Waals surface area contributed by atoms with Gasteiger partial charge in [-0.05, 0) is 18.6 Å². The Kier molecular flexibility index (Phi) is 3.27. The van der Waals surface area contributed by atoms with Crippen molar-refractivity contribution in [2.45, 2.75) is 13.3 Å². The molecule has 0 fully saturated rings. The zero-order chi connectivity index (χ0) is 11.5. The number of aliphatic hydroxyl groups is 1. The summed E-state index contributed by atoms with van der Waals surface area (Å²) < 4.78 is 1.70. The maximum Gasteiger partial charge on any atom is 0.136 e. The molecular formula is C12H13ClN2O. The molecule has 2 aromatic rings. The first kappa shape index (κ1) is 11.2. The van der Waals surface area contributed by atoms with Crippen LogP contribution in [0.25, 0.3) is 5.69 Å². The molecule has 84 valence electrons. The molecule has 0 amide bonds. The zero-order valence-electron chi connectivity index (χ0n) is 9.02. The van der Waals surface area contributed by atoms with E-state index in [1.54, 1.807) is 10.9 Å². The molecule has 0 aliphatic heterocycles. The van der Waals surface area contributed by atoms with Crippen LogP contribution < -0.4 is 0 Å². The molecule has 3 nitrogen and oxygen atoms in total. The minimum Gasteiger partial charge on any atom is -0.396 e. The highest BCUT2D eigenvalue weighted by Gasteiger charge is 2.10. The number of hydrogen-bond donors (Lipinski definition) is 1. The lowest BCUT2D eigenvalue weighted by Gasteiger charge is -2.06.